The Hall–Kier alpha value is -1.55. The fourth-order valence-corrected chi connectivity index (χ4v) is 2.07. The van der Waals surface area contributed by atoms with Crippen LogP contribution in [0.4, 0.5) is 10.5 Å². The molecule has 1 aromatic rings. The van der Waals surface area contributed by atoms with Crippen LogP contribution in [-0.2, 0) is 12.8 Å². The van der Waals surface area contributed by atoms with Crippen molar-refractivity contribution in [2.45, 2.75) is 40.5 Å². The average molecular weight is 263 g/mol. The summed E-state index contributed by atoms with van der Waals surface area (Å²) >= 11 is 0. The van der Waals surface area contributed by atoms with Crippen LogP contribution in [0, 0.1) is 0 Å². The number of anilines is 1. The van der Waals surface area contributed by atoms with Gasteiger partial charge in [-0.3, -0.25) is 5.43 Å². The molecule has 0 fully saturated rings. The van der Waals surface area contributed by atoms with Crippen molar-refractivity contribution in [1.29, 1.82) is 0 Å². The van der Waals surface area contributed by atoms with Gasteiger partial charge in [0, 0.05) is 18.8 Å². The van der Waals surface area contributed by atoms with Crippen molar-refractivity contribution in [1.82, 2.24) is 10.4 Å². The Bertz CT molecular complexity index is 392. The predicted molar refractivity (Wildman–Crippen MR) is 80.3 cm³/mol. The molecule has 0 spiro atoms. The predicted octanol–water partition coefficient (Wildman–Crippen LogP) is 3.19. The molecule has 1 rings (SSSR count). The van der Waals surface area contributed by atoms with Crippen molar-refractivity contribution in [3.8, 4) is 0 Å². The third kappa shape index (κ3) is 4.24. The summed E-state index contributed by atoms with van der Waals surface area (Å²) in [6.45, 7) is 9.81. The summed E-state index contributed by atoms with van der Waals surface area (Å²) in [6, 6.07) is 6.00. The minimum atomic E-state index is -0.167. The number of hydrogen-bond acceptors (Lipinski definition) is 2. The molecule has 0 radical (unpaired) electrons. The lowest BCUT2D eigenvalue weighted by Crippen LogP contribution is -2.44. The molecule has 0 aliphatic carbocycles. The first kappa shape index (κ1) is 15.5. The van der Waals surface area contributed by atoms with Crippen molar-refractivity contribution in [2.24, 2.45) is 0 Å². The molecule has 2 N–H and O–H groups in total. The third-order valence-electron chi connectivity index (χ3n) is 3.26. The van der Waals surface area contributed by atoms with Crippen LogP contribution in [0.3, 0.4) is 0 Å². The lowest BCUT2D eigenvalue weighted by atomic mass is 10.0. The molecular weight excluding hydrogens is 238 g/mol. The number of amides is 2. The highest BCUT2D eigenvalue weighted by atomic mass is 16.2. The monoisotopic (exact) mass is 263 g/mol. The molecule has 2 amide bonds. The first-order valence-corrected chi connectivity index (χ1v) is 7.09. The van der Waals surface area contributed by atoms with Crippen molar-refractivity contribution < 1.29 is 4.79 Å². The second-order valence-electron chi connectivity index (χ2n) is 4.40. The highest BCUT2D eigenvalue weighted by molar-refractivity contribution is 5.90. The van der Waals surface area contributed by atoms with E-state index in [1.807, 2.05) is 24.9 Å². The number of aryl methyl sites for hydroxylation is 2. The molecule has 0 saturated carbocycles. The molecule has 0 unspecified atom stereocenters. The fraction of sp³-hybridized carbons (Fsp3) is 0.533. The molecular formula is C15H25N3O. The number of nitrogens with zero attached hydrogens (tertiary/aromatic N) is 1. The van der Waals surface area contributed by atoms with Crippen LogP contribution in [-0.4, -0.2) is 24.1 Å². The lowest BCUT2D eigenvalue weighted by molar-refractivity contribution is 0.197. The molecule has 0 bridgehead atoms. The van der Waals surface area contributed by atoms with E-state index in [-0.39, 0.29) is 6.03 Å². The minimum Gasteiger partial charge on any atom is -0.306 e. The molecule has 0 saturated heterocycles. The standard InChI is InChI=1S/C15H25N3O/c1-5-12-10-9-11-13(6-2)14(12)16-15(19)17-18(7-3)8-4/h9-11H,5-8H2,1-4H3,(H2,16,17,19). The zero-order valence-corrected chi connectivity index (χ0v) is 12.4. The molecule has 0 aliphatic heterocycles. The van der Waals surface area contributed by atoms with Gasteiger partial charge in [-0.25, -0.2) is 9.80 Å². The maximum Gasteiger partial charge on any atom is 0.333 e. The van der Waals surface area contributed by atoms with Gasteiger partial charge in [0.15, 0.2) is 0 Å². The van der Waals surface area contributed by atoms with Gasteiger partial charge < -0.3 is 5.32 Å². The number of para-hydroxylation sites is 1. The summed E-state index contributed by atoms with van der Waals surface area (Å²) in [6.07, 6.45) is 1.82. The third-order valence-corrected chi connectivity index (χ3v) is 3.26. The number of hydrogen-bond donors (Lipinski definition) is 2. The van der Waals surface area contributed by atoms with Crippen molar-refractivity contribution in [3.63, 3.8) is 0 Å². The Morgan fingerprint density at radius 1 is 1.05 bits per heavy atom. The van der Waals surface area contributed by atoms with Gasteiger partial charge in [0.1, 0.15) is 0 Å². The Kier molecular flexibility index (Phi) is 6.36. The normalized spacial score (nSPS) is 10.6. The topological polar surface area (TPSA) is 44.4 Å². The van der Waals surface area contributed by atoms with E-state index in [4.69, 9.17) is 0 Å². The SMILES string of the molecule is CCc1cccc(CC)c1NC(=O)NN(CC)CC. The number of rotatable bonds is 6. The molecule has 19 heavy (non-hydrogen) atoms. The average Bonchev–Trinajstić information content (AvgIpc) is 2.44. The quantitative estimate of drug-likeness (QED) is 0.774. The molecule has 106 valence electrons. The zero-order valence-electron chi connectivity index (χ0n) is 12.4. The number of nitrogens with one attached hydrogen (secondary N) is 2. The Balaban J connectivity index is 2.83. The summed E-state index contributed by atoms with van der Waals surface area (Å²) < 4.78 is 0. The van der Waals surface area contributed by atoms with Gasteiger partial charge in [-0.2, -0.15) is 0 Å². The van der Waals surface area contributed by atoms with E-state index >= 15 is 0 Å². The molecule has 0 heterocycles. The molecule has 1 aromatic carbocycles. The van der Waals surface area contributed by atoms with E-state index in [2.05, 4.69) is 36.7 Å². The molecule has 4 heteroatoms. The Labute approximate surface area is 116 Å². The summed E-state index contributed by atoms with van der Waals surface area (Å²) in [5.74, 6) is 0. The van der Waals surface area contributed by atoms with Gasteiger partial charge in [0.2, 0.25) is 0 Å². The molecule has 0 atom stereocenters. The van der Waals surface area contributed by atoms with Crippen LogP contribution >= 0.6 is 0 Å². The smallest absolute Gasteiger partial charge is 0.306 e. The van der Waals surface area contributed by atoms with E-state index in [9.17, 15) is 4.79 Å². The number of urea groups is 1. The number of hydrazine groups is 1. The van der Waals surface area contributed by atoms with Gasteiger partial charge in [0.25, 0.3) is 0 Å². The first-order valence-electron chi connectivity index (χ1n) is 7.09. The molecule has 0 aliphatic rings. The zero-order chi connectivity index (χ0) is 14.3. The van der Waals surface area contributed by atoms with Crippen LogP contribution in [0.25, 0.3) is 0 Å². The van der Waals surface area contributed by atoms with Gasteiger partial charge in [-0.05, 0) is 24.0 Å². The number of carbonyl (C=O) groups is 1. The summed E-state index contributed by atoms with van der Waals surface area (Å²) in [7, 11) is 0. The van der Waals surface area contributed by atoms with E-state index in [0.717, 1.165) is 31.6 Å². The largest absolute Gasteiger partial charge is 0.333 e. The summed E-state index contributed by atoms with van der Waals surface area (Å²) in [4.78, 5) is 12.0. The van der Waals surface area contributed by atoms with E-state index in [1.54, 1.807) is 0 Å². The van der Waals surface area contributed by atoms with Crippen LogP contribution in [0.1, 0.15) is 38.8 Å². The Morgan fingerprint density at radius 2 is 1.58 bits per heavy atom. The van der Waals surface area contributed by atoms with Gasteiger partial charge in [0.05, 0.1) is 0 Å². The minimum absolute atomic E-state index is 0.167. The fourth-order valence-electron chi connectivity index (χ4n) is 2.07. The van der Waals surface area contributed by atoms with Crippen LogP contribution < -0.4 is 10.7 Å². The Morgan fingerprint density at radius 3 is 2.00 bits per heavy atom. The highest BCUT2D eigenvalue weighted by Gasteiger charge is 2.11. The maximum absolute atomic E-state index is 12.0. The van der Waals surface area contributed by atoms with Crippen LogP contribution in [0.2, 0.25) is 0 Å². The van der Waals surface area contributed by atoms with Crippen molar-refractivity contribution in [2.75, 3.05) is 18.4 Å². The molecule has 4 nitrogen and oxygen atoms in total. The summed E-state index contributed by atoms with van der Waals surface area (Å²) in [5.41, 5.74) is 6.16. The first-order chi connectivity index (χ1) is 9.15. The van der Waals surface area contributed by atoms with Gasteiger partial charge in [-0.1, -0.05) is 45.9 Å². The van der Waals surface area contributed by atoms with E-state index < -0.39 is 0 Å². The van der Waals surface area contributed by atoms with Gasteiger partial charge >= 0.3 is 6.03 Å². The summed E-state index contributed by atoms with van der Waals surface area (Å²) in [5, 5.41) is 4.86. The number of benzene rings is 1. The lowest BCUT2D eigenvalue weighted by Gasteiger charge is -2.21. The second kappa shape index (κ2) is 7.79. The highest BCUT2D eigenvalue weighted by Crippen LogP contribution is 2.22. The van der Waals surface area contributed by atoms with Crippen LogP contribution in [0.15, 0.2) is 18.2 Å². The second-order valence-corrected chi connectivity index (χ2v) is 4.40. The van der Waals surface area contributed by atoms with E-state index in [1.165, 1.54) is 11.1 Å². The van der Waals surface area contributed by atoms with Crippen LogP contribution in [0.5, 0.6) is 0 Å². The number of carbonyl (C=O) groups excluding carboxylic acids is 1. The van der Waals surface area contributed by atoms with Crippen molar-refractivity contribution in [3.05, 3.63) is 29.3 Å². The van der Waals surface area contributed by atoms with E-state index in [0.29, 0.717) is 0 Å². The van der Waals surface area contributed by atoms with Gasteiger partial charge in [-0.15, -0.1) is 0 Å². The maximum atomic E-state index is 12.0. The molecule has 0 aromatic heterocycles. The van der Waals surface area contributed by atoms with Crippen molar-refractivity contribution >= 4 is 11.7 Å².